The fourth-order valence-corrected chi connectivity index (χ4v) is 4.03. The van der Waals surface area contributed by atoms with Gasteiger partial charge in [-0.25, -0.2) is 0 Å². The van der Waals surface area contributed by atoms with Crippen LogP contribution in [0.15, 0.2) is 30.3 Å². The molecule has 1 fully saturated rings. The number of hydrogen-bond donors (Lipinski definition) is 0. The minimum absolute atomic E-state index is 0.0345. The molecule has 0 amide bonds. The van der Waals surface area contributed by atoms with Crippen molar-refractivity contribution < 1.29 is 38.0 Å². The van der Waals surface area contributed by atoms with Crippen LogP contribution in [0.5, 0.6) is 0 Å². The van der Waals surface area contributed by atoms with Crippen LogP contribution in [0, 0.1) is 5.92 Å². The van der Waals surface area contributed by atoms with E-state index in [-0.39, 0.29) is 30.9 Å². The molecular weight excluding hydrogens is 466 g/mol. The van der Waals surface area contributed by atoms with Crippen molar-refractivity contribution in [2.75, 3.05) is 73.1 Å². The first kappa shape index (κ1) is 30.2. The normalized spacial score (nSPS) is 18.2. The lowest BCUT2D eigenvalue weighted by molar-refractivity contribution is -0.148. The quantitative estimate of drug-likeness (QED) is 0.206. The van der Waals surface area contributed by atoms with Gasteiger partial charge in [-0.15, -0.1) is 0 Å². The molecule has 1 heterocycles. The second-order valence-corrected chi connectivity index (χ2v) is 8.83. The largest absolute Gasteiger partial charge is 0.469 e. The number of methoxy groups -OCH3 is 1. The Labute approximate surface area is 215 Å². The number of rotatable bonds is 19. The van der Waals surface area contributed by atoms with Crippen molar-refractivity contribution in [2.24, 2.45) is 5.92 Å². The number of hydrogen-bond acceptors (Lipinski definition) is 9. The molecule has 0 aromatic heterocycles. The molecule has 0 spiro atoms. The standard InChI is InChI=1S/C27H43NO8/c1-23-21-25(27(30)31-2)9-12-28(23)11-6-13-32-15-17-34-19-20-35-18-16-33-14-10-26(29)36-22-24-7-4-3-5-8-24/h3-5,7-8,23,25H,6,9-22H2,1-2H3/t23-,25-/m0/s1. The van der Waals surface area contributed by atoms with E-state index in [0.29, 0.717) is 58.9 Å². The van der Waals surface area contributed by atoms with Gasteiger partial charge in [0.2, 0.25) is 0 Å². The highest BCUT2D eigenvalue weighted by atomic mass is 16.6. The first-order chi connectivity index (χ1) is 17.6. The summed E-state index contributed by atoms with van der Waals surface area (Å²) in [4.78, 5) is 25.8. The minimum Gasteiger partial charge on any atom is -0.469 e. The summed E-state index contributed by atoms with van der Waals surface area (Å²) in [7, 11) is 1.46. The molecule has 1 aliphatic heterocycles. The Balaban J connectivity index is 1.29. The van der Waals surface area contributed by atoms with Gasteiger partial charge >= 0.3 is 11.9 Å². The summed E-state index contributed by atoms with van der Waals surface area (Å²) in [5, 5.41) is 0. The number of likely N-dealkylation sites (tertiary alicyclic amines) is 1. The number of benzene rings is 1. The summed E-state index contributed by atoms with van der Waals surface area (Å²) in [5.74, 6) is -0.324. The van der Waals surface area contributed by atoms with Crippen LogP contribution < -0.4 is 0 Å². The first-order valence-electron chi connectivity index (χ1n) is 12.9. The third-order valence-electron chi connectivity index (χ3n) is 6.09. The van der Waals surface area contributed by atoms with E-state index in [1.807, 2.05) is 30.3 Å². The maximum absolute atomic E-state index is 11.7. The zero-order valence-electron chi connectivity index (χ0n) is 21.9. The molecular formula is C27H43NO8. The molecule has 0 N–H and O–H groups in total. The highest BCUT2D eigenvalue weighted by molar-refractivity contribution is 5.72. The van der Waals surface area contributed by atoms with Gasteiger partial charge in [-0.1, -0.05) is 30.3 Å². The third-order valence-corrected chi connectivity index (χ3v) is 6.09. The lowest BCUT2D eigenvalue weighted by atomic mass is 9.91. The van der Waals surface area contributed by atoms with Crippen molar-refractivity contribution in [1.29, 1.82) is 0 Å². The maximum atomic E-state index is 11.7. The molecule has 0 saturated carbocycles. The van der Waals surface area contributed by atoms with E-state index < -0.39 is 0 Å². The predicted molar refractivity (Wildman–Crippen MR) is 135 cm³/mol. The van der Waals surface area contributed by atoms with Gasteiger partial charge in [0, 0.05) is 19.2 Å². The number of carbonyl (C=O) groups is 2. The fraction of sp³-hybridized carbons (Fsp3) is 0.704. The molecule has 0 aliphatic carbocycles. The first-order valence-corrected chi connectivity index (χ1v) is 12.9. The van der Waals surface area contributed by atoms with Gasteiger partial charge in [0.15, 0.2) is 0 Å². The summed E-state index contributed by atoms with van der Waals surface area (Å²) in [6.07, 6.45) is 2.91. The lowest BCUT2D eigenvalue weighted by Gasteiger charge is -2.36. The summed E-state index contributed by atoms with van der Waals surface area (Å²) in [6.45, 7) is 8.32. The summed E-state index contributed by atoms with van der Waals surface area (Å²) >= 11 is 0. The van der Waals surface area contributed by atoms with Crippen molar-refractivity contribution in [3.63, 3.8) is 0 Å². The number of nitrogens with zero attached hydrogens (tertiary/aromatic N) is 1. The van der Waals surface area contributed by atoms with E-state index in [1.54, 1.807) is 0 Å². The smallest absolute Gasteiger partial charge is 0.308 e. The molecule has 9 nitrogen and oxygen atoms in total. The summed E-state index contributed by atoms with van der Waals surface area (Å²) < 4.78 is 32.1. The van der Waals surface area contributed by atoms with Gasteiger partial charge < -0.3 is 33.3 Å². The molecule has 1 aromatic carbocycles. The average molecular weight is 510 g/mol. The fourth-order valence-electron chi connectivity index (χ4n) is 4.03. The minimum atomic E-state index is -0.273. The number of esters is 2. The maximum Gasteiger partial charge on any atom is 0.308 e. The van der Waals surface area contributed by atoms with Crippen LogP contribution in [0.3, 0.4) is 0 Å². The number of carbonyl (C=O) groups excluding carboxylic acids is 2. The van der Waals surface area contributed by atoms with Crippen LogP contribution in [0.2, 0.25) is 0 Å². The Morgan fingerprint density at radius 1 is 0.889 bits per heavy atom. The van der Waals surface area contributed by atoms with Gasteiger partial charge in [-0.3, -0.25) is 9.59 Å². The highest BCUT2D eigenvalue weighted by Gasteiger charge is 2.29. The molecule has 0 bridgehead atoms. The predicted octanol–water partition coefficient (Wildman–Crippen LogP) is 2.85. The van der Waals surface area contributed by atoms with Crippen LogP contribution in [0.1, 0.15) is 38.2 Å². The van der Waals surface area contributed by atoms with Crippen LogP contribution >= 0.6 is 0 Å². The molecule has 2 rings (SSSR count). The molecule has 9 heteroatoms. The lowest BCUT2D eigenvalue weighted by Crippen LogP contribution is -2.43. The van der Waals surface area contributed by atoms with Crippen molar-refractivity contribution in [1.82, 2.24) is 4.90 Å². The van der Waals surface area contributed by atoms with Crippen molar-refractivity contribution in [2.45, 2.75) is 45.3 Å². The zero-order valence-corrected chi connectivity index (χ0v) is 21.9. The van der Waals surface area contributed by atoms with E-state index in [0.717, 1.165) is 37.9 Å². The molecule has 1 aromatic rings. The van der Waals surface area contributed by atoms with E-state index in [4.69, 9.17) is 28.4 Å². The Bertz CT molecular complexity index is 717. The molecule has 204 valence electrons. The van der Waals surface area contributed by atoms with E-state index in [2.05, 4.69) is 11.8 Å². The number of ether oxygens (including phenoxy) is 6. The Hall–Kier alpha value is -2.04. The average Bonchev–Trinajstić information content (AvgIpc) is 2.90. The molecule has 0 radical (unpaired) electrons. The SMILES string of the molecule is COC(=O)[C@H]1CCN(CCCOCCOCCOCCOCCC(=O)OCc2ccccc2)[C@@H](C)C1. The van der Waals surface area contributed by atoms with Gasteiger partial charge in [-0.05, 0) is 38.3 Å². The van der Waals surface area contributed by atoms with Gasteiger partial charge in [0.05, 0.1) is 65.7 Å². The van der Waals surface area contributed by atoms with Crippen molar-refractivity contribution in [3.8, 4) is 0 Å². The van der Waals surface area contributed by atoms with Gasteiger partial charge in [-0.2, -0.15) is 0 Å². The van der Waals surface area contributed by atoms with Gasteiger partial charge in [0.1, 0.15) is 6.61 Å². The zero-order chi connectivity index (χ0) is 25.8. The Kier molecular flexibility index (Phi) is 16.0. The Morgan fingerprint density at radius 2 is 1.50 bits per heavy atom. The molecule has 1 aliphatic rings. The monoisotopic (exact) mass is 509 g/mol. The Morgan fingerprint density at radius 3 is 2.11 bits per heavy atom. The number of piperidine rings is 1. The van der Waals surface area contributed by atoms with Gasteiger partial charge in [0.25, 0.3) is 0 Å². The topological polar surface area (TPSA) is 92.8 Å². The van der Waals surface area contributed by atoms with Crippen LogP contribution in [-0.2, 0) is 44.6 Å². The molecule has 36 heavy (non-hydrogen) atoms. The highest BCUT2D eigenvalue weighted by Crippen LogP contribution is 2.23. The molecule has 1 saturated heterocycles. The van der Waals surface area contributed by atoms with Crippen molar-refractivity contribution in [3.05, 3.63) is 35.9 Å². The molecule has 2 atom stereocenters. The second-order valence-electron chi connectivity index (χ2n) is 8.83. The third kappa shape index (κ3) is 13.3. The van der Waals surface area contributed by atoms with E-state index in [1.165, 1.54) is 7.11 Å². The van der Waals surface area contributed by atoms with E-state index >= 15 is 0 Å². The van der Waals surface area contributed by atoms with E-state index in [9.17, 15) is 9.59 Å². The second kappa shape index (κ2) is 19.1. The van der Waals surface area contributed by atoms with Crippen LogP contribution in [0.4, 0.5) is 0 Å². The summed E-state index contributed by atoms with van der Waals surface area (Å²) in [6, 6.07) is 9.97. The van der Waals surface area contributed by atoms with Crippen LogP contribution in [-0.4, -0.2) is 95.9 Å². The van der Waals surface area contributed by atoms with Crippen molar-refractivity contribution >= 4 is 11.9 Å². The van der Waals surface area contributed by atoms with Crippen LogP contribution in [0.25, 0.3) is 0 Å². The molecule has 0 unspecified atom stereocenters. The summed E-state index contributed by atoms with van der Waals surface area (Å²) in [5.41, 5.74) is 0.967.